The minimum Gasteiger partial charge on any atom is -0.382 e. The quantitative estimate of drug-likeness (QED) is 0.315. The molecule has 2 aromatic rings. The maximum atomic E-state index is 6.05. The van der Waals surface area contributed by atoms with Crippen molar-refractivity contribution in [2.24, 2.45) is 11.1 Å². The molecule has 2 heterocycles. The number of hydrogen-bond donors (Lipinski definition) is 2. The van der Waals surface area contributed by atoms with Gasteiger partial charge in [-0.1, -0.05) is 72.4 Å². The van der Waals surface area contributed by atoms with Gasteiger partial charge >= 0.3 is 0 Å². The molecular formula is C32H45BrN4. The van der Waals surface area contributed by atoms with Crippen molar-refractivity contribution in [2.45, 2.75) is 71.0 Å². The van der Waals surface area contributed by atoms with Gasteiger partial charge in [0.1, 0.15) is 0 Å². The van der Waals surface area contributed by atoms with Gasteiger partial charge in [0, 0.05) is 53.4 Å². The summed E-state index contributed by atoms with van der Waals surface area (Å²) in [6, 6.07) is 18.1. The Balaban J connectivity index is 1.33. The Morgan fingerprint density at radius 3 is 2.46 bits per heavy atom. The fourth-order valence-corrected chi connectivity index (χ4v) is 6.31. The highest BCUT2D eigenvalue weighted by atomic mass is 79.9. The molecule has 2 unspecified atom stereocenters. The van der Waals surface area contributed by atoms with E-state index in [1.807, 2.05) is 6.92 Å². The van der Waals surface area contributed by atoms with Gasteiger partial charge in [0.2, 0.25) is 0 Å². The molecule has 2 atom stereocenters. The number of piperidine rings is 1. The lowest BCUT2D eigenvalue weighted by molar-refractivity contribution is 0.129. The molecule has 2 aromatic carbocycles. The van der Waals surface area contributed by atoms with E-state index in [1.54, 1.807) is 0 Å². The van der Waals surface area contributed by atoms with Crippen molar-refractivity contribution in [3.05, 3.63) is 94.2 Å². The van der Waals surface area contributed by atoms with Gasteiger partial charge in [-0.05, 0) is 80.9 Å². The van der Waals surface area contributed by atoms with E-state index in [9.17, 15) is 0 Å². The Kier molecular flexibility index (Phi) is 9.55. The first-order valence-corrected chi connectivity index (χ1v) is 14.8. The van der Waals surface area contributed by atoms with Crippen molar-refractivity contribution >= 4 is 15.9 Å². The van der Waals surface area contributed by atoms with Gasteiger partial charge < -0.3 is 20.9 Å². The fourth-order valence-electron chi connectivity index (χ4n) is 6.05. The summed E-state index contributed by atoms with van der Waals surface area (Å²) in [6.07, 6.45) is 6.58. The average molecular weight is 566 g/mol. The normalized spacial score (nSPS) is 19.2. The van der Waals surface area contributed by atoms with E-state index in [0.717, 1.165) is 62.2 Å². The molecule has 3 N–H and O–H groups in total. The Bertz CT molecular complexity index is 1050. The number of allylic oxidation sites excluding steroid dienone is 1. The molecule has 0 bridgehead atoms. The van der Waals surface area contributed by atoms with Crippen molar-refractivity contribution in [1.82, 2.24) is 15.1 Å². The van der Waals surface area contributed by atoms with Gasteiger partial charge in [0.05, 0.1) is 6.04 Å². The maximum Gasteiger partial charge on any atom is 0.0522 e. The third-order valence-corrected chi connectivity index (χ3v) is 8.93. The Labute approximate surface area is 233 Å². The molecule has 1 spiro atoms. The van der Waals surface area contributed by atoms with Crippen LogP contribution in [-0.4, -0.2) is 42.0 Å². The fraction of sp³-hybridized carbons (Fsp3) is 0.500. The number of nitrogens with zero attached hydrogens (tertiary/aromatic N) is 2. The number of benzene rings is 2. The molecule has 2 aliphatic heterocycles. The Morgan fingerprint density at radius 2 is 1.78 bits per heavy atom. The lowest BCUT2D eigenvalue weighted by Crippen LogP contribution is -2.41. The monoisotopic (exact) mass is 564 g/mol. The van der Waals surface area contributed by atoms with Crippen molar-refractivity contribution in [2.75, 3.05) is 26.2 Å². The summed E-state index contributed by atoms with van der Waals surface area (Å²) < 4.78 is 1.13. The van der Waals surface area contributed by atoms with Crippen LogP contribution < -0.4 is 11.1 Å². The van der Waals surface area contributed by atoms with Gasteiger partial charge in [0.25, 0.3) is 0 Å². The van der Waals surface area contributed by atoms with Gasteiger partial charge in [-0.15, -0.1) is 0 Å². The topological polar surface area (TPSA) is 44.5 Å². The molecule has 0 aromatic heterocycles. The molecule has 5 heteroatoms. The zero-order chi connectivity index (χ0) is 26.4. The number of halogens is 1. The van der Waals surface area contributed by atoms with Crippen molar-refractivity contribution < 1.29 is 0 Å². The lowest BCUT2D eigenvalue weighted by atomic mass is 9.75. The number of nitrogens with one attached hydrogen (secondary N) is 1. The predicted molar refractivity (Wildman–Crippen MR) is 160 cm³/mol. The lowest BCUT2D eigenvalue weighted by Gasteiger charge is -2.41. The molecule has 4 rings (SSSR count). The molecule has 37 heavy (non-hydrogen) atoms. The van der Waals surface area contributed by atoms with Crippen LogP contribution in [-0.2, 0) is 13.0 Å². The molecule has 0 saturated carbocycles. The first kappa shape index (κ1) is 27.9. The second-order valence-electron chi connectivity index (χ2n) is 11.2. The van der Waals surface area contributed by atoms with Crippen LogP contribution in [0.3, 0.4) is 0 Å². The van der Waals surface area contributed by atoms with E-state index in [-0.39, 0.29) is 17.5 Å². The molecule has 2 aliphatic rings. The molecular weight excluding hydrogens is 520 g/mol. The van der Waals surface area contributed by atoms with Crippen LogP contribution in [0.5, 0.6) is 0 Å². The summed E-state index contributed by atoms with van der Waals surface area (Å²) in [7, 11) is 0. The number of aryl methyl sites for hydroxylation is 1. The van der Waals surface area contributed by atoms with Gasteiger partial charge in [0.15, 0.2) is 0 Å². The highest BCUT2D eigenvalue weighted by Crippen LogP contribution is 2.47. The summed E-state index contributed by atoms with van der Waals surface area (Å²) >= 11 is 3.55. The number of rotatable bonds is 11. The molecule has 200 valence electrons. The molecule has 0 amide bonds. The zero-order valence-corrected chi connectivity index (χ0v) is 24.4. The van der Waals surface area contributed by atoms with Crippen LogP contribution in [0.4, 0.5) is 0 Å². The molecule has 0 radical (unpaired) electrons. The average Bonchev–Trinajstić information content (AvgIpc) is 3.18. The molecule has 4 nitrogen and oxygen atoms in total. The molecule has 2 fully saturated rings. The van der Waals surface area contributed by atoms with Crippen molar-refractivity contribution in [3.8, 4) is 0 Å². The van der Waals surface area contributed by atoms with E-state index in [1.165, 1.54) is 41.6 Å². The second-order valence-corrected chi connectivity index (χ2v) is 12.2. The third-order valence-electron chi connectivity index (χ3n) is 8.40. The summed E-state index contributed by atoms with van der Waals surface area (Å²) in [5, 5.41) is 3.72. The summed E-state index contributed by atoms with van der Waals surface area (Å²) in [6.45, 7) is 18.6. The van der Waals surface area contributed by atoms with Crippen LogP contribution in [0.1, 0.15) is 68.7 Å². The minimum absolute atomic E-state index is 0.115. The number of nitrogens with two attached hydrogens (primary N) is 1. The first-order chi connectivity index (χ1) is 17.8. The van der Waals surface area contributed by atoms with Gasteiger partial charge in [-0.2, -0.15) is 0 Å². The van der Waals surface area contributed by atoms with E-state index in [4.69, 9.17) is 5.73 Å². The van der Waals surface area contributed by atoms with E-state index < -0.39 is 0 Å². The highest BCUT2D eigenvalue weighted by molar-refractivity contribution is 9.10. The molecule has 2 saturated heterocycles. The van der Waals surface area contributed by atoms with E-state index in [0.29, 0.717) is 0 Å². The van der Waals surface area contributed by atoms with E-state index >= 15 is 0 Å². The maximum absolute atomic E-state index is 6.05. The summed E-state index contributed by atoms with van der Waals surface area (Å²) in [4.78, 5) is 5.17. The standard InChI is InChI=1S/C32H45BrN4/c1-5-27-7-6-8-29(22-27)31(35-25(3)21-24(2)34)13-17-36-18-14-32(15-19-36)16-20-37(26(32)4)23-28-9-11-30(33)12-10-28/h6-12,22,24,31,35H,3-5,13-21,23,34H2,1-2H3. The van der Waals surface area contributed by atoms with Gasteiger partial charge in [-0.3, -0.25) is 0 Å². The predicted octanol–water partition coefficient (Wildman–Crippen LogP) is 6.79. The summed E-state index contributed by atoms with van der Waals surface area (Å²) in [5.41, 5.74) is 12.8. The van der Waals surface area contributed by atoms with Gasteiger partial charge in [-0.25, -0.2) is 0 Å². The number of likely N-dealkylation sites (tertiary alicyclic amines) is 2. The van der Waals surface area contributed by atoms with E-state index in [2.05, 4.69) is 99.7 Å². The van der Waals surface area contributed by atoms with Crippen molar-refractivity contribution in [3.63, 3.8) is 0 Å². The van der Waals surface area contributed by atoms with Crippen LogP contribution in [0.25, 0.3) is 0 Å². The SMILES string of the molecule is C=C(CC(C)N)NC(CCN1CCC2(CC1)CCN(Cc1ccc(Br)cc1)C2=C)c1cccc(CC)c1. The minimum atomic E-state index is 0.115. The molecule has 0 aliphatic carbocycles. The van der Waals surface area contributed by atoms with Crippen molar-refractivity contribution in [1.29, 1.82) is 0 Å². The Hall–Kier alpha value is -2.08. The Morgan fingerprint density at radius 1 is 1.08 bits per heavy atom. The number of hydrogen-bond acceptors (Lipinski definition) is 4. The second kappa shape index (κ2) is 12.6. The summed E-state index contributed by atoms with van der Waals surface area (Å²) in [5.74, 6) is 0. The van der Waals surface area contributed by atoms with Crippen LogP contribution in [0.15, 0.2) is 77.6 Å². The van der Waals surface area contributed by atoms with Crippen LogP contribution in [0.2, 0.25) is 0 Å². The van der Waals surface area contributed by atoms with Crippen LogP contribution in [0, 0.1) is 5.41 Å². The largest absolute Gasteiger partial charge is 0.382 e. The first-order valence-electron chi connectivity index (χ1n) is 14.0. The van der Waals surface area contributed by atoms with Crippen LogP contribution >= 0.6 is 15.9 Å². The third kappa shape index (κ3) is 7.28. The zero-order valence-electron chi connectivity index (χ0n) is 22.8. The highest BCUT2D eigenvalue weighted by Gasteiger charge is 2.43. The smallest absolute Gasteiger partial charge is 0.0522 e.